The lowest BCUT2D eigenvalue weighted by Crippen LogP contribution is -2.55. The van der Waals surface area contributed by atoms with Crippen molar-refractivity contribution in [3.63, 3.8) is 0 Å². The number of aryl methyl sites for hydroxylation is 1. The van der Waals surface area contributed by atoms with Gasteiger partial charge in [-0.15, -0.1) is 0 Å². The van der Waals surface area contributed by atoms with Gasteiger partial charge in [-0.1, -0.05) is 25.1 Å². The molecular formula is C27H32N6O2. The Kier molecular flexibility index (Phi) is 6.35. The number of likely N-dealkylation sites (tertiary alicyclic amines) is 2. The molecule has 0 radical (unpaired) electrons. The number of benzene rings is 1. The lowest BCUT2D eigenvalue weighted by atomic mass is 9.90. The zero-order valence-corrected chi connectivity index (χ0v) is 20.5. The summed E-state index contributed by atoms with van der Waals surface area (Å²) in [6, 6.07) is 14.9. The Morgan fingerprint density at radius 1 is 1.17 bits per heavy atom. The van der Waals surface area contributed by atoms with Crippen LogP contribution in [0, 0.1) is 30.1 Å². The zero-order valence-electron chi connectivity index (χ0n) is 20.5. The predicted molar refractivity (Wildman–Crippen MR) is 135 cm³/mol. The Morgan fingerprint density at radius 2 is 2.00 bits per heavy atom. The second-order valence-electron chi connectivity index (χ2n) is 9.70. The highest BCUT2D eigenvalue weighted by Crippen LogP contribution is 2.39. The molecule has 0 spiro atoms. The van der Waals surface area contributed by atoms with E-state index in [9.17, 15) is 10.1 Å². The molecule has 182 valence electrons. The van der Waals surface area contributed by atoms with Crippen molar-refractivity contribution in [3.8, 4) is 6.07 Å². The number of piperidine rings is 1. The smallest absolute Gasteiger partial charge is 0.320 e. The van der Waals surface area contributed by atoms with E-state index >= 15 is 0 Å². The molecule has 2 aromatic heterocycles. The second-order valence-corrected chi connectivity index (χ2v) is 9.70. The largest absolute Gasteiger partial charge is 0.378 e. The maximum Gasteiger partial charge on any atom is 0.320 e. The highest BCUT2D eigenvalue weighted by atomic mass is 16.5. The van der Waals surface area contributed by atoms with E-state index in [4.69, 9.17) is 4.74 Å². The normalized spacial score (nSPS) is 24.5. The molecule has 2 aliphatic rings. The van der Waals surface area contributed by atoms with Gasteiger partial charge < -0.3 is 24.4 Å². The van der Waals surface area contributed by atoms with Crippen molar-refractivity contribution in [3.05, 3.63) is 54.4 Å². The quantitative estimate of drug-likeness (QED) is 0.611. The number of aromatic nitrogens is 2. The molecule has 4 atom stereocenters. The molecule has 2 unspecified atom stereocenters. The van der Waals surface area contributed by atoms with Gasteiger partial charge in [0.2, 0.25) is 0 Å². The average molecular weight is 473 g/mol. The molecule has 3 aromatic rings. The number of H-pyrrole nitrogens is 1. The van der Waals surface area contributed by atoms with E-state index in [2.05, 4.69) is 71.2 Å². The third-order valence-corrected chi connectivity index (χ3v) is 7.60. The number of carbonyl (C=O) groups excluding carboxylic acids is 1. The number of ether oxygens (including phenoxy) is 1. The van der Waals surface area contributed by atoms with Gasteiger partial charge in [0.15, 0.2) is 0 Å². The number of aromatic amines is 1. The third kappa shape index (κ3) is 4.21. The number of para-hydroxylation sites is 1. The fourth-order valence-corrected chi connectivity index (χ4v) is 5.53. The van der Waals surface area contributed by atoms with E-state index in [0.717, 1.165) is 28.8 Å². The van der Waals surface area contributed by atoms with Crippen LogP contribution in [-0.4, -0.2) is 71.2 Å². The van der Waals surface area contributed by atoms with E-state index in [-0.39, 0.29) is 24.1 Å². The maximum absolute atomic E-state index is 13.6. The minimum atomic E-state index is -0.286. The van der Waals surface area contributed by atoms with Gasteiger partial charge in [-0.05, 0) is 43.0 Å². The van der Waals surface area contributed by atoms with Crippen molar-refractivity contribution in [2.45, 2.75) is 32.4 Å². The van der Waals surface area contributed by atoms with Gasteiger partial charge >= 0.3 is 6.03 Å². The summed E-state index contributed by atoms with van der Waals surface area (Å²) >= 11 is 0. The number of carbonyl (C=O) groups is 1. The number of hydrogen-bond donors (Lipinski definition) is 1. The van der Waals surface area contributed by atoms with Crippen LogP contribution in [0.1, 0.15) is 18.9 Å². The number of pyridine rings is 1. The summed E-state index contributed by atoms with van der Waals surface area (Å²) in [4.78, 5) is 27.4. The van der Waals surface area contributed by atoms with Gasteiger partial charge in [0, 0.05) is 56.8 Å². The fourth-order valence-electron chi connectivity index (χ4n) is 5.53. The van der Waals surface area contributed by atoms with E-state index < -0.39 is 0 Å². The molecule has 2 amide bonds. The van der Waals surface area contributed by atoms with E-state index in [0.29, 0.717) is 32.1 Å². The van der Waals surface area contributed by atoms with Gasteiger partial charge in [-0.25, -0.2) is 9.78 Å². The number of nitrogens with zero attached hydrogens (tertiary/aromatic N) is 5. The summed E-state index contributed by atoms with van der Waals surface area (Å²) in [6.07, 6.45) is 4.43. The first kappa shape index (κ1) is 23.2. The van der Waals surface area contributed by atoms with E-state index in [1.54, 1.807) is 12.0 Å². The van der Waals surface area contributed by atoms with Crippen molar-refractivity contribution in [1.82, 2.24) is 19.8 Å². The molecule has 0 bridgehead atoms. The standard InChI is InChI=1S/C27H32N6O2/c1-18-6-4-5-7-22(18)33(23-9-12-30-26-21(23)8-11-29-26)24-16-31(13-10-19(24)2)27(34)32-15-20(14-28)25(17-32)35-3/h4-9,11-12,19-20,24-25H,10,13,15-17H2,1-3H3,(H,29,30)/t19-,20?,24+,25?/m1/s1. The molecule has 2 aliphatic heterocycles. The van der Waals surface area contributed by atoms with Gasteiger partial charge in [0.05, 0.1) is 29.8 Å². The van der Waals surface area contributed by atoms with Gasteiger partial charge in [-0.2, -0.15) is 5.26 Å². The first-order valence-corrected chi connectivity index (χ1v) is 12.2. The topological polar surface area (TPSA) is 88.5 Å². The van der Waals surface area contributed by atoms with Crippen LogP contribution in [0.15, 0.2) is 48.8 Å². The van der Waals surface area contributed by atoms with Crippen molar-refractivity contribution in [2.75, 3.05) is 38.2 Å². The lowest BCUT2D eigenvalue weighted by molar-refractivity contribution is 0.0892. The fraction of sp³-hybridized carbons (Fsp3) is 0.444. The number of anilines is 2. The maximum atomic E-state index is 13.6. The third-order valence-electron chi connectivity index (χ3n) is 7.60. The highest BCUT2D eigenvalue weighted by molar-refractivity contribution is 5.92. The van der Waals surface area contributed by atoms with Crippen LogP contribution in [0.25, 0.3) is 11.0 Å². The Morgan fingerprint density at radius 3 is 2.74 bits per heavy atom. The summed E-state index contributed by atoms with van der Waals surface area (Å²) in [7, 11) is 1.61. The molecule has 8 nitrogen and oxygen atoms in total. The molecule has 2 saturated heterocycles. The molecule has 35 heavy (non-hydrogen) atoms. The second kappa shape index (κ2) is 9.59. The Labute approximate surface area is 206 Å². The van der Waals surface area contributed by atoms with Crippen molar-refractivity contribution in [2.24, 2.45) is 11.8 Å². The summed E-state index contributed by atoms with van der Waals surface area (Å²) in [5, 5.41) is 10.5. The highest BCUT2D eigenvalue weighted by Gasteiger charge is 2.40. The Hall–Kier alpha value is -3.57. The summed E-state index contributed by atoms with van der Waals surface area (Å²) in [6.45, 7) is 6.59. The summed E-state index contributed by atoms with van der Waals surface area (Å²) in [5.74, 6) is 0.0867. The number of nitriles is 1. The minimum absolute atomic E-state index is 0.00652. The van der Waals surface area contributed by atoms with Crippen LogP contribution < -0.4 is 4.90 Å². The number of urea groups is 1. The first-order valence-electron chi connectivity index (χ1n) is 12.2. The van der Waals surface area contributed by atoms with Gasteiger partial charge in [-0.3, -0.25) is 0 Å². The van der Waals surface area contributed by atoms with Gasteiger partial charge in [0.1, 0.15) is 5.65 Å². The predicted octanol–water partition coefficient (Wildman–Crippen LogP) is 4.31. The van der Waals surface area contributed by atoms with Crippen LogP contribution in [0.4, 0.5) is 16.2 Å². The number of fused-ring (bicyclic) bond motifs is 1. The number of nitrogens with one attached hydrogen (secondary N) is 1. The van der Waals surface area contributed by atoms with Crippen LogP contribution in [0.3, 0.4) is 0 Å². The van der Waals surface area contributed by atoms with Gasteiger partial charge in [0.25, 0.3) is 0 Å². The number of methoxy groups -OCH3 is 1. The van der Waals surface area contributed by atoms with E-state index in [1.807, 2.05) is 17.3 Å². The molecule has 1 N–H and O–H groups in total. The summed E-state index contributed by atoms with van der Waals surface area (Å²) in [5.41, 5.74) is 4.25. The van der Waals surface area contributed by atoms with Crippen LogP contribution in [0.2, 0.25) is 0 Å². The van der Waals surface area contributed by atoms with Crippen LogP contribution in [0.5, 0.6) is 0 Å². The molecule has 4 heterocycles. The molecule has 2 fully saturated rings. The van der Waals surface area contributed by atoms with Crippen molar-refractivity contribution < 1.29 is 9.53 Å². The van der Waals surface area contributed by atoms with Crippen molar-refractivity contribution in [1.29, 1.82) is 5.26 Å². The van der Waals surface area contributed by atoms with Crippen molar-refractivity contribution >= 4 is 28.4 Å². The number of hydrogen-bond acceptors (Lipinski definition) is 5. The number of rotatable bonds is 4. The first-order chi connectivity index (χ1) is 17.0. The molecule has 1 aromatic carbocycles. The molecule has 5 rings (SSSR count). The zero-order chi connectivity index (χ0) is 24.5. The molecule has 0 saturated carbocycles. The lowest BCUT2D eigenvalue weighted by Gasteiger charge is -2.45. The Bertz CT molecular complexity index is 1250. The molecule has 8 heteroatoms. The average Bonchev–Trinajstić information content (AvgIpc) is 3.53. The summed E-state index contributed by atoms with van der Waals surface area (Å²) < 4.78 is 5.47. The monoisotopic (exact) mass is 472 g/mol. The van der Waals surface area contributed by atoms with Crippen LogP contribution >= 0.6 is 0 Å². The minimum Gasteiger partial charge on any atom is -0.378 e. The SMILES string of the molecule is COC1CN(C(=O)N2CC[C@@H](C)[C@@H](N(c3ccccc3C)c3ccnc4[nH]ccc34)C2)CC1C#N. The van der Waals surface area contributed by atoms with E-state index in [1.165, 1.54) is 5.56 Å². The van der Waals surface area contributed by atoms with Crippen LogP contribution in [-0.2, 0) is 4.74 Å². The molecular weight excluding hydrogens is 440 g/mol. The molecule has 0 aliphatic carbocycles. The Balaban J connectivity index is 1.49. The number of amides is 2.